The first kappa shape index (κ1) is 19.6. The topological polar surface area (TPSA) is 66.7 Å². The van der Waals surface area contributed by atoms with Gasteiger partial charge in [-0.05, 0) is 48.9 Å². The van der Waals surface area contributed by atoms with Gasteiger partial charge in [0.15, 0.2) is 0 Å². The van der Waals surface area contributed by atoms with E-state index in [9.17, 15) is 14.0 Å². The SMILES string of the molecule is Cc1cc(C(=O)N2CCc3oc(C(=O)N4CC(C)CC(C)C4)nc3C2)ccc1F. The zero-order valence-corrected chi connectivity index (χ0v) is 17.1. The molecule has 1 aromatic heterocycles. The Morgan fingerprint density at radius 3 is 2.55 bits per heavy atom. The van der Waals surface area contributed by atoms with Crippen molar-refractivity contribution in [1.82, 2.24) is 14.8 Å². The van der Waals surface area contributed by atoms with E-state index in [1.165, 1.54) is 12.1 Å². The zero-order chi connectivity index (χ0) is 20.7. The number of rotatable bonds is 2. The van der Waals surface area contributed by atoms with E-state index in [1.807, 2.05) is 4.90 Å². The van der Waals surface area contributed by atoms with Gasteiger partial charge < -0.3 is 14.2 Å². The number of amides is 2. The number of hydrogen-bond donors (Lipinski definition) is 0. The number of hydrogen-bond acceptors (Lipinski definition) is 4. The van der Waals surface area contributed by atoms with Gasteiger partial charge in [0.05, 0.1) is 6.54 Å². The second-order valence-electron chi connectivity index (χ2n) is 8.49. The third-order valence-electron chi connectivity index (χ3n) is 5.76. The Morgan fingerprint density at radius 1 is 1.14 bits per heavy atom. The highest BCUT2D eigenvalue weighted by Crippen LogP contribution is 2.25. The first-order valence-electron chi connectivity index (χ1n) is 10.1. The molecule has 2 aliphatic rings. The van der Waals surface area contributed by atoms with Crippen molar-refractivity contribution in [2.24, 2.45) is 11.8 Å². The van der Waals surface area contributed by atoms with Gasteiger partial charge >= 0.3 is 5.91 Å². The van der Waals surface area contributed by atoms with Crippen LogP contribution in [0.4, 0.5) is 4.39 Å². The summed E-state index contributed by atoms with van der Waals surface area (Å²) < 4.78 is 19.3. The monoisotopic (exact) mass is 399 g/mol. The lowest BCUT2D eigenvalue weighted by atomic mass is 9.92. The van der Waals surface area contributed by atoms with Crippen molar-refractivity contribution in [3.05, 3.63) is 52.5 Å². The number of aromatic nitrogens is 1. The van der Waals surface area contributed by atoms with Gasteiger partial charge in [-0.1, -0.05) is 13.8 Å². The maximum atomic E-state index is 13.5. The number of benzene rings is 1. The molecule has 0 bridgehead atoms. The standard InChI is InChI=1S/C22H26FN3O3/c1-13-8-14(2)11-26(10-13)22(28)20-24-18-12-25(7-6-19(18)29-20)21(27)16-4-5-17(23)15(3)9-16/h4-5,9,13-14H,6-8,10-12H2,1-3H3. The van der Waals surface area contributed by atoms with Gasteiger partial charge in [-0.25, -0.2) is 9.37 Å². The van der Waals surface area contributed by atoms with Gasteiger partial charge in [-0.3, -0.25) is 9.59 Å². The average Bonchev–Trinajstić information content (AvgIpc) is 3.11. The molecule has 1 aromatic carbocycles. The second-order valence-corrected chi connectivity index (χ2v) is 8.49. The molecule has 3 heterocycles. The van der Waals surface area contributed by atoms with Crippen LogP contribution in [0.3, 0.4) is 0 Å². The molecular formula is C22H26FN3O3. The molecule has 0 spiro atoms. The van der Waals surface area contributed by atoms with Crippen molar-refractivity contribution in [2.45, 2.75) is 40.2 Å². The number of oxazole rings is 1. The van der Waals surface area contributed by atoms with Crippen LogP contribution in [0.2, 0.25) is 0 Å². The molecule has 2 amide bonds. The van der Waals surface area contributed by atoms with Crippen LogP contribution in [0.15, 0.2) is 22.6 Å². The van der Waals surface area contributed by atoms with E-state index in [4.69, 9.17) is 4.42 Å². The zero-order valence-electron chi connectivity index (χ0n) is 17.1. The number of carbonyl (C=O) groups excluding carboxylic acids is 2. The number of likely N-dealkylation sites (tertiary alicyclic amines) is 1. The van der Waals surface area contributed by atoms with Crippen LogP contribution in [-0.2, 0) is 13.0 Å². The molecule has 0 aliphatic carbocycles. The lowest BCUT2D eigenvalue weighted by molar-refractivity contribution is 0.0580. The Labute approximate surface area is 169 Å². The van der Waals surface area contributed by atoms with Crippen molar-refractivity contribution < 1.29 is 18.4 Å². The fourth-order valence-corrected chi connectivity index (χ4v) is 4.39. The molecule has 0 radical (unpaired) electrons. The van der Waals surface area contributed by atoms with E-state index < -0.39 is 0 Å². The summed E-state index contributed by atoms with van der Waals surface area (Å²) in [6.45, 7) is 8.12. The van der Waals surface area contributed by atoms with Crippen molar-refractivity contribution in [3.63, 3.8) is 0 Å². The first-order valence-corrected chi connectivity index (χ1v) is 10.1. The van der Waals surface area contributed by atoms with Crippen LogP contribution >= 0.6 is 0 Å². The molecular weight excluding hydrogens is 373 g/mol. The molecule has 1 saturated heterocycles. The Hall–Kier alpha value is -2.70. The summed E-state index contributed by atoms with van der Waals surface area (Å²) in [5.41, 5.74) is 1.51. The molecule has 154 valence electrons. The van der Waals surface area contributed by atoms with E-state index in [0.29, 0.717) is 60.5 Å². The molecule has 1 fully saturated rings. The number of halogens is 1. The third-order valence-corrected chi connectivity index (χ3v) is 5.76. The molecule has 2 aromatic rings. The summed E-state index contributed by atoms with van der Waals surface area (Å²) in [5.74, 6) is 1.02. The third kappa shape index (κ3) is 3.91. The molecule has 2 unspecified atom stereocenters. The fraction of sp³-hybridized carbons (Fsp3) is 0.500. The van der Waals surface area contributed by atoms with Crippen molar-refractivity contribution in [1.29, 1.82) is 0 Å². The van der Waals surface area contributed by atoms with Crippen LogP contribution in [0.5, 0.6) is 0 Å². The Balaban J connectivity index is 1.49. The van der Waals surface area contributed by atoms with Gasteiger partial charge in [0.25, 0.3) is 11.8 Å². The highest BCUT2D eigenvalue weighted by atomic mass is 19.1. The smallest absolute Gasteiger partial charge is 0.309 e. The van der Waals surface area contributed by atoms with E-state index in [-0.39, 0.29) is 30.1 Å². The van der Waals surface area contributed by atoms with Crippen molar-refractivity contribution >= 4 is 11.8 Å². The fourth-order valence-electron chi connectivity index (χ4n) is 4.39. The lowest BCUT2D eigenvalue weighted by Gasteiger charge is -2.34. The predicted molar refractivity (Wildman–Crippen MR) is 105 cm³/mol. The Morgan fingerprint density at radius 2 is 1.86 bits per heavy atom. The second kappa shape index (κ2) is 7.61. The maximum Gasteiger partial charge on any atom is 0.309 e. The number of aryl methyl sites for hydroxylation is 1. The van der Waals surface area contributed by atoms with Gasteiger partial charge in [-0.2, -0.15) is 0 Å². The van der Waals surface area contributed by atoms with Gasteiger partial charge in [-0.15, -0.1) is 0 Å². The first-order chi connectivity index (χ1) is 13.8. The molecule has 4 rings (SSSR count). The van der Waals surface area contributed by atoms with Crippen LogP contribution in [0.1, 0.15) is 58.3 Å². The van der Waals surface area contributed by atoms with E-state index in [0.717, 1.165) is 6.42 Å². The normalized spacial score (nSPS) is 21.8. The van der Waals surface area contributed by atoms with E-state index in [2.05, 4.69) is 18.8 Å². The van der Waals surface area contributed by atoms with Crippen LogP contribution in [0.25, 0.3) is 0 Å². The van der Waals surface area contributed by atoms with Crippen LogP contribution in [-0.4, -0.2) is 46.2 Å². The van der Waals surface area contributed by atoms with Crippen molar-refractivity contribution in [2.75, 3.05) is 19.6 Å². The predicted octanol–water partition coefficient (Wildman–Crippen LogP) is 3.44. The largest absolute Gasteiger partial charge is 0.437 e. The molecule has 0 N–H and O–H groups in total. The summed E-state index contributed by atoms with van der Waals surface area (Å²) in [6.07, 6.45) is 1.63. The summed E-state index contributed by atoms with van der Waals surface area (Å²) in [6, 6.07) is 4.37. The molecule has 7 heteroatoms. The minimum Gasteiger partial charge on any atom is -0.437 e. The number of piperidine rings is 1. The molecule has 2 aliphatic heterocycles. The summed E-state index contributed by atoms with van der Waals surface area (Å²) in [7, 11) is 0. The van der Waals surface area contributed by atoms with Gasteiger partial charge in [0, 0.05) is 31.6 Å². The Kier molecular flexibility index (Phi) is 5.15. The minimum atomic E-state index is -0.330. The molecule has 0 saturated carbocycles. The van der Waals surface area contributed by atoms with Crippen LogP contribution in [0, 0.1) is 24.6 Å². The maximum absolute atomic E-state index is 13.5. The van der Waals surface area contributed by atoms with E-state index in [1.54, 1.807) is 17.9 Å². The number of nitrogens with zero attached hydrogens (tertiary/aromatic N) is 3. The number of fused-ring (bicyclic) bond motifs is 1. The summed E-state index contributed by atoms with van der Waals surface area (Å²) in [4.78, 5) is 33.6. The highest BCUT2D eigenvalue weighted by Gasteiger charge is 2.32. The quantitative estimate of drug-likeness (QED) is 0.776. The van der Waals surface area contributed by atoms with Gasteiger partial charge in [0.2, 0.25) is 0 Å². The van der Waals surface area contributed by atoms with E-state index >= 15 is 0 Å². The highest BCUT2D eigenvalue weighted by molar-refractivity contribution is 5.94. The van der Waals surface area contributed by atoms with Crippen molar-refractivity contribution in [3.8, 4) is 0 Å². The minimum absolute atomic E-state index is 0.114. The van der Waals surface area contributed by atoms with Crippen LogP contribution < -0.4 is 0 Å². The van der Waals surface area contributed by atoms with Gasteiger partial charge in [0.1, 0.15) is 17.3 Å². The molecule has 6 nitrogen and oxygen atoms in total. The summed E-state index contributed by atoms with van der Waals surface area (Å²) >= 11 is 0. The number of carbonyl (C=O) groups is 2. The Bertz CT molecular complexity index is 945. The lowest BCUT2D eigenvalue weighted by Crippen LogP contribution is -2.42. The summed E-state index contributed by atoms with van der Waals surface area (Å²) in [5, 5.41) is 0. The molecule has 29 heavy (non-hydrogen) atoms. The average molecular weight is 399 g/mol. The molecule has 2 atom stereocenters.